The number of rotatable bonds is 14. The predicted octanol–water partition coefficient (Wildman–Crippen LogP) is 1.66. The molecule has 0 aliphatic carbocycles. The molecule has 154 valence electrons. The van der Waals surface area contributed by atoms with Gasteiger partial charge in [-0.1, -0.05) is 18.2 Å². The Bertz CT molecular complexity index is 705. The third-order valence-corrected chi connectivity index (χ3v) is 4.55. The lowest BCUT2D eigenvalue weighted by molar-refractivity contribution is -0.917. The van der Waals surface area contributed by atoms with Crippen molar-refractivity contribution in [2.75, 3.05) is 40.0 Å². The Hall–Kier alpha value is -1.99. The number of ether oxygens (including phenoxy) is 2. The molecule has 1 aromatic heterocycles. The van der Waals surface area contributed by atoms with E-state index in [9.17, 15) is 9.50 Å². The minimum absolute atomic E-state index is 0.222. The number of nitrogens with one attached hydrogen (secondary N) is 1. The van der Waals surface area contributed by atoms with E-state index in [1.165, 1.54) is 11.0 Å². The Morgan fingerprint density at radius 3 is 2.93 bits per heavy atom. The van der Waals surface area contributed by atoms with E-state index in [0.29, 0.717) is 32.9 Å². The molecule has 5 nitrogen and oxygen atoms in total. The molecule has 0 amide bonds. The van der Waals surface area contributed by atoms with Crippen LogP contribution in [0.2, 0.25) is 0 Å². The molecule has 1 unspecified atom stereocenters. The van der Waals surface area contributed by atoms with Gasteiger partial charge in [-0.3, -0.25) is 0 Å². The van der Waals surface area contributed by atoms with Crippen LogP contribution in [0.5, 0.6) is 0 Å². The van der Waals surface area contributed by atoms with E-state index < -0.39 is 6.10 Å². The van der Waals surface area contributed by atoms with Gasteiger partial charge in [0.25, 0.3) is 0 Å². The van der Waals surface area contributed by atoms with E-state index in [2.05, 4.69) is 17.2 Å². The molecule has 0 spiro atoms. The molecule has 2 atom stereocenters. The molecular formula is C22H32FN2O3+. The van der Waals surface area contributed by atoms with Gasteiger partial charge in [-0.2, -0.15) is 0 Å². The highest BCUT2D eigenvalue weighted by atomic mass is 19.1. The van der Waals surface area contributed by atoms with Gasteiger partial charge in [0.1, 0.15) is 25.0 Å². The first-order valence-electron chi connectivity index (χ1n) is 9.70. The highest BCUT2D eigenvalue weighted by Crippen LogP contribution is 2.09. The van der Waals surface area contributed by atoms with Gasteiger partial charge in [-0.25, -0.2) is 4.39 Å². The fourth-order valence-electron chi connectivity index (χ4n) is 3.26. The first-order chi connectivity index (χ1) is 13.6. The standard InChI is InChI=1S/C22H31FN2O3/c1-3-12-28-18-22(26)17-24(10-6-13-27-2)16-21-9-5-11-25(21)15-19-7-4-8-20(23)14-19/h3-5,7-9,11,14,22,26H,1,6,10,12-13,15-18H2,2H3/p+1/t22-/m0/s1. The average Bonchev–Trinajstić information content (AvgIpc) is 3.08. The van der Waals surface area contributed by atoms with Crippen LogP contribution in [-0.2, 0) is 22.6 Å². The molecule has 2 aromatic rings. The zero-order valence-electron chi connectivity index (χ0n) is 16.6. The summed E-state index contributed by atoms with van der Waals surface area (Å²) in [7, 11) is 1.70. The molecule has 2 N–H and O–H groups in total. The molecule has 0 fully saturated rings. The van der Waals surface area contributed by atoms with Crippen LogP contribution in [0.25, 0.3) is 0 Å². The Balaban J connectivity index is 2.00. The number of methoxy groups -OCH3 is 1. The maximum Gasteiger partial charge on any atom is 0.126 e. The van der Waals surface area contributed by atoms with Gasteiger partial charge in [-0.05, 0) is 29.8 Å². The second kappa shape index (κ2) is 12.5. The smallest absolute Gasteiger partial charge is 0.126 e. The fraction of sp³-hybridized carbons (Fsp3) is 0.455. The van der Waals surface area contributed by atoms with Crippen molar-refractivity contribution in [3.05, 3.63) is 72.3 Å². The van der Waals surface area contributed by atoms with E-state index in [1.807, 2.05) is 18.3 Å². The quantitative estimate of drug-likeness (QED) is 0.380. The van der Waals surface area contributed by atoms with Crippen molar-refractivity contribution in [3.63, 3.8) is 0 Å². The lowest BCUT2D eigenvalue weighted by Crippen LogP contribution is -3.12. The summed E-state index contributed by atoms with van der Waals surface area (Å²) in [6.07, 6.45) is 4.06. The Kier molecular flexibility index (Phi) is 9.93. The Morgan fingerprint density at radius 1 is 1.32 bits per heavy atom. The summed E-state index contributed by atoms with van der Waals surface area (Å²) < 4.78 is 26.2. The highest BCUT2D eigenvalue weighted by molar-refractivity contribution is 5.18. The second-order valence-electron chi connectivity index (χ2n) is 6.96. The summed E-state index contributed by atoms with van der Waals surface area (Å²) in [5.74, 6) is -0.222. The monoisotopic (exact) mass is 391 g/mol. The van der Waals surface area contributed by atoms with Crippen LogP contribution < -0.4 is 4.90 Å². The van der Waals surface area contributed by atoms with Crippen molar-refractivity contribution in [2.45, 2.75) is 25.6 Å². The number of aromatic nitrogens is 1. The van der Waals surface area contributed by atoms with Crippen LogP contribution in [0.15, 0.2) is 55.3 Å². The predicted molar refractivity (Wildman–Crippen MR) is 108 cm³/mol. The molecule has 0 aliphatic rings. The molecule has 0 saturated carbocycles. The Labute approximate surface area is 167 Å². The summed E-state index contributed by atoms with van der Waals surface area (Å²) in [6.45, 7) is 7.91. The summed E-state index contributed by atoms with van der Waals surface area (Å²) >= 11 is 0. The van der Waals surface area contributed by atoms with Crippen molar-refractivity contribution in [1.82, 2.24) is 4.57 Å². The summed E-state index contributed by atoms with van der Waals surface area (Å²) in [4.78, 5) is 1.26. The minimum atomic E-state index is -0.538. The highest BCUT2D eigenvalue weighted by Gasteiger charge is 2.17. The topological polar surface area (TPSA) is 48.1 Å². The maximum absolute atomic E-state index is 13.5. The van der Waals surface area contributed by atoms with Gasteiger partial charge in [0.05, 0.1) is 32.1 Å². The van der Waals surface area contributed by atoms with Crippen LogP contribution in [0, 0.1) is 5.82 Å². The number of aliphatic hydroxyl groups is 1. The molecule has 1 heterocycles. The van der Waals surface area contributed by atoms with E-state index in [-0.39, 0.29) is 5.82 Å². The molecular weight excluding hydrogens is 359 g/mol. The van der Waals surface area contributed by atoms with E-state index in [1.54, 1.807) is 25.3 Å². The van der Waals surface area contributed by atoms with Crippen molar-refractivity contribution < 1.29 is 23.9 Å². The SMILES string of the molecule is C=CCOC[C@@H](O)C[NH+](CCCOC)Cc1cccn1Cc1cccc(F)c1. The molecule has 0 saturated heterocycles. The zero-order valence-corrected chi connectivity index (χ0v) is 16.6. The van der Waals surface area contributed by atoms with Crippen LogP contribution >= 0.6 is 0 Å². The van der Waals surface area contributed by atoms with Crippen LogP contribution in [0.1, 0.15) is 17.7 Å². The van der Waals surface area contributed by atoms with E-state index >= 15 is 0 Å². The number of halogens is 1. The second-order valence-corrected chi connectivity index (χ2v) is 6.96. The molecule has 1 aromatic carbocycles. The summed E-state index contributed by atoms with van der Waals surface area (Å²) in [5.41, 5.74) is 2.08. The number of quaternary nitrogens is 1. The van der Waals surface area contributed by atoms with Gasteiger partial charge in [0.15, 0.2) is 0 Å². The lowest BCUT2D eigenvalue weighted by atomic mass is 10.2. The molecule has 0 aliphatic heterocycles. The lowest BCUT2D eigenvalue weighted by Gasteiger charge is -2.23. The first kappa shape index (κ1) is 22.3. The first-order valence-corrected chi connectivity index (χ1v) is 9.70. The van der Waals surface area contributed by atoms with E-state index in [4.69, 9.17) is 9.47 Å². The number of hydrogen-bond acceptors (Lipinski definition) is 3. The van der Waals surface area contributed by atoms with Gasteiger partial charge in [0.2, 0.25) is 0 Å². The number of aliphatic hydroxyl groups excluding tert-OH is 1. The molecule has 0 bridgehead atoms. The van der Waals surface area contributed by atoms with E-state index in [0.717, 1.165) is 30.8 Å². The van der Waals surface area contributed by atoms with Crippen molar-refractivity contribution in [3.8, 4) is 0 Å². The van der Waals surface area contributed by atoms with Crippen LogP contribution in [0.4, 0.5) is 4.39 Å². The maximum atomic E-state index is 13.5. The number of nitrogens with zero attached hydrogens (tertiary/aromatic N) is 1. The molecule has 28 heavy (non-hydrogen) atoms. The van der Waals surface area contributed by atoms with Crippen LogP contribution in [0.3, 0.4) is 0 Å². The number of benzene rings is 1. The van der Waals surface area contributed by atoms with Crippen molar-refractivity contribution >= 4 is 0 Å². The van der Waals surface area contributed by atoms with Gasteiger partial charge in [0, 0.05) is 26.3 Å². The van der Waals surface area contributed by atoms with Gasteiger partial charge < -0.3 is 24.0 Å². The average molecular weight is 392 g/mol. The van der Waals surface area contributed by atoms with Crippen molar-refractivity contribution in [2.24, 2.45) is 0 Å². The van der Waals surface area contributed by atoms with Gasteiger partial charge >= 0.3 is 0 Å². The summed E-state index contributed by atoms with van der Waals surface area (Å²) in [5, 5.41) is 10.3. The third-order valence-electron chi connectivity index (χ3n) is 4.55. The normalized spacial score (nSPS) is 13.4. The number of hydrogen-bond donors (Lipinski definition) is 2. The molecule has 2 rings (SSSR count). The summed E-state index contributed by atoms with van der Waals surface area (Å²) in [6, 6.07) is 10.8. The molecule has 0 radical (unpaired) electrons. The largest absolute Gasteiger partial charge is 0.385 e. The third kappa shape index (κ3) is 7.94. The fourth-order valence-corrected chi connectivity index (χ4v) is 3.26. The minimum Gasteiger partial charge on any atom is -0.385 e. The van der Waals surface area contributed by atoms with Crippen molar-refractivity contribution in [1.29, 1.82) is 0 Å². The van der Waals surface area contributed by atoms with Gasteiger partial charge in [-0.15, -0.1) is 6.58 Å². The zero-order chi connectivity index (χ0) is 20.2. The van der Waals surface area contributed by atoms with Crippen LogP contribution in [-0.4, -0.2) is 55.8 Å². The Morgan fingerprint density at radius 2 is 2.18 bits per heavy atom. The molecule has 6 heteroatoms.